The molecule has 0 bridgehead atoms. The molecule has 2 rings (SSSR count). The fraction of sp³-hybridized carbons (Fsp3) is 0.545. The van der Waals surface area contributed by atoms with Gasteiger partial charge in [-0.05, 0) is 77.5 Å². The summed E-state index contributed by atoms with van der Waals surface area (Å²) in [4.78, 5) is 3.06. The van der Waals surface area contributed by atoms with Gasteiger partial charge in [-0.2, -0.15) is 10.0 Å². The Morgan fingerprint density at radius 1 is 1.13 bits per heavy atom. The maximum atomic E-state index is 2.49. The Morgan fingerprint density at radius 2 is 1.83 bits per heavy atom. The van der Waals surface area contributed by atoms with Crippen LogP contribution in [-0.4, -0.2) is 12.5 Å². The highest BCUT2D eigenvalue weighted by Crippen LogP contribution is 2.57. The maximum absolute atomic E-state index is 2.49. The van der Waals surface area contributed by atoms with Crippen molar-refractivity contribution in [2.75, 3.05) is 12.5 Å². The van der Waals surface area contributed by atoms with Crippen molar-refractivity contribution in [1.82, 2.24) is 0 Å². The lowest BCUT2D eigenvalue weighted by molar-refractivity contribution is 0.516. The Bertz CT molecular complexity index is 548. The Kier molecular flexibility index (Phi) is 6.59. The average Bonchev–Trinajstić information content (AvgIpc) is 2.78. The van der Waals surface area contributed by atoms with Crippen LogP contribution in [0, 0.1) is 11.8 Å². The largest absolute Gasteiger partial charge is 0.194 e. The van der Waals surface area contributed by atoms with E-state index < -0.39 is 10.0 Å². The lowest BCUT2D eigenvalue weighted by Gasteiger charge is -2.33. The zero-order valence-corrected chi connectivity index (χ0v) is 16.5. The van der Waals surface area contributed by atoms with Crippen molar-refractivity contribution >= 4 is 10.0 Å². The minimum atomic E-state index is -0.887. The molecule has 2 unspecified atom stereocenters. The molecule has 0 amide bonds. The predicted molar refractivity (Wildman–Crippen MR) is 108 cm³/mol. The quantitative estimate of drug-likeness (QED) is 0.529. The zero-order valence-electron chi connectivity index (χ0n) is 15.6. The molecule has 1 heteroatoms. The van der Waals surface area contributed by atoms with Crippen LogP contribution in [0.2, 0.25) is 0 Å². The van der Waals surface area contributed by atoms with Crippen molar-refractivity contribution in [3.8, 4) is 0 Å². The molecule has 0 aromatic heterocycles. The van der Waals surface area contributed by atoms with Crippen molar-refractivity contribution in [2.24, 2.45) is 11.8 Å². The molecule has 0 saturated carbocycles. The summed E-state index contributed by atoms with van der Waals surface area (Å²) in [5, 5.41) is 0. The van der Waals surface area contributed by atoms with E-state index in [1.807, 2.05) is 0 Å². The first-order valence-corrected chi connectivity index (χ1v) is 11.6. The van der Waals surface area contributed by atoms with Gasteiger partial charge in [0.15, 0.2) is 0 Å². The van der Waals surface area contributed by atoms with Gasteiger partial charge < -0.3 is 0 Å². The normalized spacial score (nSPS) is 20.7. The molecule has 0 N–H and O–H groups in total. The molecule has 0 spiro atoms. The second-order valence-electron chi connectivity index (χ2n) is 7.61. The van der Waals surface area contributed by atoms with E-state index in [0.29, 0.717) is 0 Å². The third-order valence-electron chi connectivity index (χ3n) is 5.27. The molecule has 1 aliphatic carbocycles. The molecule has 0 nitrogen and oxygen atoms in total. The van der Waals surface area contributed by atoms with E-state index in [-0.39, 0.29) is 0 Å². The third-order valence-corrected chi connectivity index (χ3v) is 8.20. The highest BCUT2D eigenvalue weighted by atomic mass is 32.3. The molecule has 23 heavy (non-hydrogen) atoms. The van der Waals surface area contributed by atoms with Gasteiger partial charge in [-0.3, -0.25) is 0 Å². The van der Waals surface area contributed by atoms with Crippen LogP contribution in [0.4, 0.5) is 0 Å². The van der Waals surface area contributed by atoms with E-state index >= 15 is 0 Å². The first-order valence-electron chi connectivity index (χ1n) is 9.12. The van der Waals surface area contributed by atoms with Crippen LogP contribution in [0.1, 0.15) is 52.0 Å². The third kappa shape index (κ3) is 5.01. The lowest BCUT2D eigenvalue weighted by Crippen LogP contribution is -2.00. The van der Waals surface area contributed by atoms with Gasteiger partial charge >= 0.3 is 0 Å². The molecule has 0 saturated heterocycles. The first kappa shape index (κ1) is 18.4. The van der Waals surface area contributed by atoms with E-state index in [4.69, 9.17) is 0 Å². The smallest absolute Gasteiger partial charge is 0.00640 e. The maximum Gasteiger partial charge on any atom is -0.00640 e. The van der Waals surface area contributed by atoms with Crippen molar-refractivity contribution in [2.45, 2.75) is 57.8 Å². The van der Waals surface area contributed by atoms with E-state index in [1.165, 1.54) is 42.6 Å². The highest BCUT2D eigenvalue weighted by Gasteiger charge is 2.19. The Morgan fingerprint density at radius 3 is 2.48 bits per heavy atom. The fourth-order valence-electron chi connectivity index (χ4n) is 3.03. The molecule has 1 aromatic rings. The van der Waals surface area contributed by atoms with Crippen molar-refractivity contribution in [3.63, 3.8) is 0 Å². The summed E-state index contributed by atoms with van der Waals surface area (Å²) in [6.45, 7) is 6.99. The van der Waals surface area contributed by atoms with Crippen LogP contribution in [0.15, 0.2) is 52.3 Å². The standard InChI is InChI=1S/C22H34S/c1-6-18(2)10-12-20-13-16-22(17-14-20)23(4,5)21-9-7-8-19(3)11-15-21/h7,9,13-19H,6,8,10-12H2,1-5H3. The second kappa shape index (κ2) is 8.24. The molecule has 2 atom stereocenters. The van der Waals surface area contributed by atoms with E-state index in [9.17, 15) is 0 Å². The molecule has 0 radical (unpaired) electrons. The number of rotatable bonds is 6. The van der Waals surface area contributed by atoms with E-state index in [2.05, 4.69) is 75.8 Å². The van der Waals surface area contributed by atoms with Gasteiger partial charge in [0.25, 0.3) is 0 Å². The molecule has 0 fully saturated rings. The SMILES string of the molecule is CCC(C)CCc1ccc(S(C)(C)C2=CCC(C)CC=C2)cc1. The summed E-state index contributed by atoms with van der Waals surface area (Å²) in [5.41, 5.74) is 1.49. The van der Waals surface area contributed by atoms with Crippen LogP contribution in [-0.2, 0) is 6.42 Å². The molecule has 0 heterocycles. The van der Waals surface area contributed by atoms with Crippen molar-refractivity contribution in [3.05, 3.63) is 53.0 Å². The molecule has 1 aromatic carbocycles. The Labute approximate surface area is 145 Å². The molecular formula is C22H34S. The number of allylic oxidation sites excluding steroid dienone is 3. The minimum absolute atomic E-state index is 0.780. The number of hydrogen-bond donors (Lipinski definition) is 0. The zero-order chi connectivity index (χ0) is 16.9. The van der Waals surface area contributed by atoms with Crippen molar-refractivity contribution in [1.29, 1.82) is 0 Å². The summed E-state index contributed by atoms with van der Waals surface area (Å²) >= 11 is 0. The molecule has 1 aliphatic rings. The molecular weight excluding hydrogens is 296 g/mol. The van der Waals surface area contributed by atoms with Crippen LogP contribution in [0.5, 0.6) is 0 Å². The second-order valence-corrected chi connectivity index (χ2v) is 11.2. The average molecular weight is 331 g/mol. The first-order chi connectivity index (χ1) is 10.9. The van der Waals surface area contributed by atoms with Crippen LogP contribution in [0.3, 0.4) is 0 Å². The molecule has 0 aliphatic heterocycles. The van der Waals surface area contributed by atoms with E-state index in [1.54, 1.807) is 4.91 Å². The number of aryl methyl sites for hydroxylation is 1. The Hall–Kier alpha value is -0.950. The van der Waals surface area contributed by atoms with Crippen LogP contribution in [0.25, 0.3) is 0 Å². The minimum Gasteiger partial charge on any atom is -0.194 e. The summed E-state index contributed by atoms with van der Waals surface area (Å²) in [6.07, 6.45) is 18.3. The predicted octanol–water partition coefficient (Wildman–Crippen LogP) is 6.96. The lowest BCUT2D eigenvalue weighted by atomic mass is 9.99. The highest BCUT2D eigenvalue weighted by molar-refractivity contribution is 8.36. The van der Waals surface area contributed by atoms with Gasteiger partial charge in [0.2, 0.25) is 0 Å². The monoisotopic (exact) mass is 330 g/mol. The topological polar surface area (TPSA) is 0 Å². The summed E-state index contributed by atoms with van der Waals surface area (Å²) in [7, 11) is -0.887. The molecule has 128 valence electrons. The Balaban J connectivity index is 2.11. The number of hydrogen-bond acceptors (Lipinski definition) is 0. The van der Waals surface area contributed by atoms with Crippen LogP contribution < -0.4 is 0 Å². The fourth-order valence-corrected chi connectivity index (χ4v) is 5.06. The van der Waals surface area contributed by atoms with Gasteiger partial charge in [0, 0.05) is 0 Å². The van der Waals surface area contributed by atoms with Crippen LogP contribution >= 0.6 is 10.0 Å². The van der Waals surface area contributed by atoms with Crippen molar-refractivity contribution < 1.29 is 0 Å². The van der Waals surface area contributed by atoms with Gasteiger partial charge in [0.1, 0.15) is 0 Å². The van der Waals surface area contributed by atoms with Gasteiger partial charge in [0.05, 0.1) is 0 Å². The number of benzene rings is 1. The summed E-state index contributed by atoms with van der Waals surface area (Å²) in [6, 6.07) is 9.47. The van der Waals surface area contributed by atoms with E-state index in [0.717, 1.165) is 11.8 Å². The van der Waals surface area contributed by atoms with Gasteiger partial charge in [-0.15, -0.1) is 0 Å². The summed E-state index contributed by atoms with van der Waals surface area (Å²) in [5.74, 6) is 1.61. The van der Waals surface area contributed by atoms with Gasteiger partial charge in [-0.25, -0.2) is 0 Å². The summed E-state index contributed by atoms with van der Waals surface area (Å²) < 4.78 is 0. The van der Waals surface area contributed by atoms with Gasteiger partial charge in [-0.1, -0.05) is 57.6 Å².